The van der Waals surface area contributed by atoms with Crippen molar-refractivity contribution in [3.8, 4) is 0 Å². The highest BCUT2D eigenvalue weighted by atomic mass is 16.7. The highest BCUT2D eigenvalue weighted by Crippen LogP contribution is 2.27. The molecule has 6 nitrogen and oxygen atoms in total. The number of rotatable bonds is 6. The van der Waals surface area contributed by atoms with Crippen LogP contribution in [0.4, 0.5) is 0 Å². The van der Waals surface area contributed by atoms with Crippen LogP contribution in [0, 0.1) is 0 Å². The molecule has 19 heavy (non-hydrogen) atoms. The van der Waals surface area contributed by atoms with Crippen LogP contribution in [0.1, 0.15) is 12.8 Å². The van der Waals surface area contributed by atoms with E-state index < -0.39 is 6.10 Å². The number of amides is 1. The number of ether oxygens (including phenoxy) is 4. The molecule has 0 aromatic carbocycles. The van der Waals surface area contributed by atoms with Gasteiger partial charge in [-0.1, -0.05) is 11.6 Å². The third-order valence-electron chi connectivity index (χ3n) is 3.37. The van der Waals surface area contributed by atoms with Gasteiger partial charge in [-0.05, 0) is 12.8 Å². The van der Waals surface area contributed by atoms with Gasteiger partial charge in [-0.25, -0.2) is 0 Å². The molecular weight excluding hydrogens is 250 g/mol. The minimum absolute atomic E-state index is 0.0483. The van der Waals surface area contributed by atoms with E-state index in [0.29, 0.717) is 0 Å². The van der Waals surface area contributed by atoms with E-state index in [0.717, 1.165) is 26.1 Å². The van der Waals surface area contributed by atoms with Crippen LogP contribution < -0.4 is 0 Å². The van der Waals surface area contributed by atoms with Gasteiger partial charge in [0.1, 0.15) is 13.5 Å². The zero-order valence-corrected chi connectivity index (χ0v) is 11.5. The summed E-state index contributed by atoms with van der Waals surface area (Å²) in [6.07, 6.45) is 3.50. The van der Waals surface area contributed by atoms with Crippen molar-refractivity contribution in [1.82, 2.24) is 4.90 Å². The summed E-state index contributed by atoms with van der Waals surface area (Å²) in [4.78, 5) is 13.6. The summed E-state index contributed by atoms with van der Waals surface area (Å²) in [5.41, 5.74) is 1.32. The van der Waals surface area contributed by atoms with Gasteiger partial charge in [-0.3, -0.25) is 4.79 Å². The summed E-state index contributed by atoms with van der Waals surface area (Å²) in [6, 6.07) is -0.0595. The Morgan fingerprint density at radius 2 is 2.05 bits per heavy atom. The van der Waals surface area contributed by atoms with Crippen molar-refractivity contribution >= 4 is 5.91 Å². The lowest BCUT2D eigenvalue weighted by molar-refractivity contribution is -0.190. The highest BCUT2D eigenvalue weighted by Gasteiger charge is 2.47. The summed E-state index contributed by atoms with van der Waals surface area (Å²) in [5, 5.41) is 0. The monoisotopic (exact) mass is 271 g/mol. The Kier molecular flexibility index (Phi) is 5.33. The first kappa shape index (κ1) is 14.5. The van der Waals surface area contributed by atoms with E-state index in [1.54, 1.807) is 19.1 Å². The lowest BCUT2D eigenvalue weighted by Crippen LogP contribution is -2.65. The lowest BCUT2D eigenvalue weighted by Gasteiger charge is -2.45. The van der Waals surface area contributed by atoms with E-state index in [-0.39, 0.29) is 25.5 Å². The van der Waals surface area contributed by atoms with Crippen LogP contribution in [0.3, 0.4) is 0 Å². The quantitative estimate of drug-likeness (QED) is 0.400. The number of likely N-dealkylation sites (tertiary alicyclic amines) is 1. The average molecular weight is 271 g/mol. The molecule has 2 saturated heterocycles. The Bertz CT molecular complexity index is 336. The minimum atomic E-state index is -0.453. The van der Waals surface area contributed by atoms with E-state index in [4.69, 9.17) is 18.9 Å². The highest BCUT2D eigenvalue weighted by molar-refractivity contribution is 5.89. The number of hydrogen-bond donors (Lipinski definition) is 0. The molecule has 0 saturated carbocycles. The van der Waals surface area contributed by atoms with Gasteiger partial charge in [0.05, 0.1) is 19.3 Å². The fourth-order valence-electron chi connectivity index (χ4n) is 2.36. The second-order valence-electron chi connectivity index (χ2n) is 4.65. The number of hydrogen-bond acceptors (Lipinski definition) is 5. The number of carbonyl (C=O) groups is 1. The molecule has 0 bridgehead atoms. The van der Waals surface area contributed by atoms with Crippen molar-refractivity contribution in [2.75, 3.05) is 41.0 Å². The molecule has 2 aliphatic heterocycles. The summed E-state index contributed by atoms with van der Waals surface area (Å²) < 4.78 is 20.7. The fraction of sp³-hybridized carbons (Fsp3) is 0.769. The van der Waals surface area contributed by atoms with Gasteiger partial charge in [-0.15, -0.1) is 0 Å². The molecule has 0 radical (unpaired) electrons. The first-order valence-corrected chi connectivity index (χ1v) is 6.45. The smallest absolute Gasteiger partial charge is 0.256 e. The van der Waals surface area contributed by atoms with Gasteiger partial charge < -0.3 is 23.8 Å². The predicted octanol–water partition coefficient (Wildman–Crippen LogP) is 0.527. The lowest BCUT2D eigenvalue weighted by atomic mass is 9.94. The van der Waals surface area contributed by atoms with Crippen molar-refractivity contribution in [2.45, 2.75) is 25.0 Å². The third-order valence-corrected chi connectivity index (χ3v) is 3.37. The van der Waals surface area contributed by atoms with Crippen molar-refractivity contribution in [3.05, 3.63) is 11.6 Å². The fourth-order valence-corrected chi connectivity index (χ4v) is 2.36. The summed E-state index contributed by atoms with van der Waals surface area (Å²) in [7, 11) is 3.12. The third kappa shape index (κ3) is 3.33. The zero-order valence-electron chi connectivity index (χ0n) is 11.5. The van der Waals surface area contributed by atoms with Gasteiger partial charge in [0, 0.05) is 14.2 Å². The molecule has 2 fully saturated rings. The van der Waals surface area contributed by atoms with Gasteiger partial charge in [0.15, 0.2) is 6.10 Å². The normalized spacial score (nSPS) is 27.4. The number of methoxy groups -OCH3 is 2. The van der Waals surface area contributed by atoms with Gasteiger partial charge >= 0.3 is 0 Å². The Hall–Kier alpha value is -0.950. The number of nitrogens with zero attached hydrogens (tertiary/aromatic N) is 1. The number of carbonyl (C=O) groups excluding carboxylic acids is 1. The van der Waals surface area contributed by atoms with Gasteiger partial charge in [0.25, 0.3) is 5.91 Å². The second kappa shape index (κ2) is 7.00. The van der Waals surface area contributed by atoms with Crippen molar-refractivity contribution in [2.24, 2.45) is 0 Å². The number of β-lactam (4-membered cyclic amide) rings is 1. The van der Waals surface area contributed by atoms with E-state index >= 15 is 0 Å². The first-order valence-electron chi connectivity index (χ1n) is 6.45. The molecule has 2 heterocycles. The van der Waals surface area contributed by atoms with Crippen LogP contribution in [-0.4, -0.2) is 63.9 Å². The van der Waals surface area contributed by atoms with E-state index in [2.05, 4.69) is 6.08 Å². The van der Waals surface area contributed by atoms with Crippen molar-refractivity contribution < 1.29 is 23.7 Å². The maximum atomic E-state index is 11.9. The Morgan fingerprint density at radius 3 is 2.68 bits per heavy atom. The Labute approximate surface area is 113 Å². The molecular formula is C13H21NO5. The van der Waals surface area contributed by atoms with Gasteiger partial charge in [-0.2, -0.15) is 0 Å². The summed E-state index contributed by atoms with van der Waals surface area (Å²) in [6.45, 7) is 1.91. The zero-order chi connectivity index (χ0) is 13.7. The van der Waals surface area contributed by atoms with Crippen LogP contribution in [-0.2, 0) is 23.7 Å². The van der Waals surface area contributed by atoms with Crippen molar-refractivity contribution in [1.29, 1.82) is 0 Å². The largest absolute Gasteiger partial charge is 0.381 e. The van der Waals surface area contributed by atoms with E-state index in [9.17, 15) is 4.79 Å². The minimum Gasteiger partial charge on any atom is -0.381 e. The molecule has 0 unspecified atom stereocenters. The molecule has 0 spiro atoms. The van der Waals surface area contributed by atoms with Crippen LogP contribution in [0.15, 0.2) is 11.6 Å². The Balaban J connectivity index is 2.00. The molecule has 1 amide bonds. The maximum Gasteiger partial charge on any atom is 0.256 e. The van der Waals surface area contributed by atoms with E-state index in [1.807, 2.05) is 0 Å². The van der Waals surface area contributed by atoms with Crippen molar-refractivity contribution in [3.63, 3.8) is 0 Å². The second-order valence-corrected chi connectivity index (χ2v) is 4.65. The first-order chi connectivity index (χ1) is 9.27. The Morgan fingerprint density at radius 1 is 1.32 bits per heavy atom. The molecule has 0 N–H and O–H groups in total. The molecule has 2 atom stereocenters. The van der Waals surface area contributed by atoms with Crippen LogP contribution >= 0.6 is 0 Å². The van der Waals surface area contributed by atoms with Crippen LogP contribution in [0.25, 0.3) is 0 Å². The summed E-state index contributed by atoms with van der Waals surface area (Å²) >= 11 is 0. The molecule has 0 aliphatic carbocycles. The maximum absolute atomic E-state index is 11.9. The summed E-state index contributed by atoms with van der Waals surface area (Å²) in [5.74, 6) is -0.0483. The SMILES string of the molecule is COCO[C@H]1C(=O)N(COC)[C@H]1C=C1CCOCC1. The molecule has 6 heteroatoms. The van der Waals surface area contributed by atoms with E-state index in [1.165, 1.54) is 5.57 Å². The molecule has 0 aromatic heterocycles. The van der Waals surface area contributed by atoms with Gasteiger partial charge in [0.2, 0.25) is 0 Å². The molecule has 2 rings (SSSR count). The molecule has 108 valence electrons. The average Bonchev–Trinajstić information content (AvgIpc) is 2.45. The topological polar surface area (TPSA) is 57.2 Å². The molecule has 2 aliphatic rings. The molecule has 0 aromatic rings. The standard InChI is InChI=1S/C13H21NO5/c1-16-8-14-11(7-10-3-5-18-6-4-10)12(13(14)15)19-9-17-2/h7,11-12H,3-6,8-9H2,1-2H3/t11-,12+/m0/s1. The van der Waals surface area contributed by atoms with Crippen LogP contribution in [0.2, 0.25) is 0 Å². The van der Waals surface area contributed by atoms with Crippen LogP contribution in [0.5, 0.6) is 0 Å². The predicted molar refractivity (Wildman–Crippen MR) is 67.4 cm³/mol.